The van der Waals surface area contributed by atoms with Crippen LogP contribution in [0.2, 0.25) is 0 Å². The highest BCUT2D eigenvalue weighted by atomic mass is 32.2. The molecule has 1 aliphatic rings. The number of ether oxygens (including phenoxy) is 2. The summed E-state index contributed by atoms with van der Waals surface area (Å²) in [7, 11) is -2.26. The van der Waals surface area contributed by atoms with E-state index in [-0.39, 0.29) is 11.1 Å². The summed E-state index contributed by atoms with van der Waals surface area (Å²) < 4.78 is 43.6. The molecule has 2 aromatic heterocycles. The molecule has 10 heteroatoms. The first-order valence-electron chi connectivity index (χ1n) is 9.13. The van der Waals surface area contributed by atoms with Crippen LogP contribution in [-0.2, 0) is 14.8 Å². The first-order valence-corrected chi connectivity index (χ1v) is 11.6. The van der Waals surface area contributed by atoms with Gasteiger partial charge >= 0.3 is 0 Å². The van der Waals surface area contributed by atoms with E-state index in [0.717, 1.165) is 5.41 Å². The third-order valence-corrected chi connectivity index (χ3v) is 6.65. The fraction of sp³-hybridized carbons (Fsp3) is 0.250. The van der Waals surface area contributed by atoms with E-state index in [1.54, 1.807) is 18.2 Å². The third kappa shape index (κ3) is 3.93. The van der Waals surface area contributed by atoms with E-state index in [9.17, 15) is 13.2 Å². The lowest BCUT2D eigenvalue weighted by Gasteiger charge is -2.27. The average Bonchev–Trinajstić information content (AvgIpc) is 3.19. The van der Waals surface area contributed by atoms with E-state index in [1.807, 2.05) is 10.3 Å². The molecule has 0 radical (unpaired) electrons. The van der Waals surface area contributed by atoms with Gasteiger partial charge in [-0.15, -0.1) is 11.3 Å². The molecular formula is C20H20N2O6S2. The van der Waals surface area contributed by atoms with Crippen molar-refractivity contribution in [1.82, 2.24) is 0 Å². The number of sulfonamides is 1. The summed E-state index contributed by atoms with van der Waals surface area (Å²) in [5, 5.41) is 2.65. The zero-order chi connectivity index (χ0) is 21.3. The summed E-state index contributed by atoms with van der Waals surface area (Å²) in [5.74, 6) is 0.857. The molecule has 1 fully saturated rings. The minimum absolute atomic E-state index is 0.116. The Kier molecular flexibility index (Phi) is 5.54. The lowest BCUT2D eigenvalue weighted by Crippen LogP contribution is -2.36. The Morgan fingerprint density at radius 3 is 2.73 bits per heavy atom. The van der Waals surface area contributed by atoms with Crippen molar-refractivity contribution in [3.63, 3.8) is 0 Å². The second-order valence-corrected chi connectivity index (χ2v) is 9.09. The smallest absolute Gasteiger partial charge is 0.254 e. The number of anilines is 2. The van der Waals surface area contributed by atoms with Gasteiger partial charge in [0.25, 0.3) is 10.0 Å². The number of rotatable bonds is 6. The van der Waals surface area contributed by atoms with Crippen LogP contribution in [0.1, 0.15) is 0 Å². The molecule has 0 atom stereocenters. The van der Waals surface area contributed by atoms with Crippen molar-refractivity contribution in [2.24, 2.45) is 0 Å². The highest BCUT2D eigenvalue weighted by molar-refractivity contribution is 7.95. The Labute approximate surface area is 177 Å². The van der Waals surface area contributed by atoms with Gasteiger partial charge in [0.15, 0.2) is 11.5 Å². The number of benzene rings is 1. The fourth-order valence-corrected chi connectivity index (χ4v) is 4.68. The van der Waals surface area contributed by atoms with Gasteiger partial charge in [-0.3, -0.25) is 9.52 Å². The minimum Gasteiger partial charge on any atom is -0.495 e. The maximum Gasteiger partial charge on any atom is 0.254 e. The Morgan fingerprint density at radius 1 is 1.27 bits per heavy atom. The summed E-state index contributed by atoms with van der Waals surface area (Å²) in [6, 6.07) is 6.59. The number of methoxy groups -OCH3 is 1. The average molecular weight is 449 g/mol. The van der Waals surface area contributed by atoms with Crippen LogP contribution in [0.3, 0.4) is 0 Å². The molecule has 1 aromatic carbocycles. The van der Waals surface area contributed by atoms with E-state index in [1.165, 1.54) is 24.5 Å². The summed E-state index contributed by atoms with van der Waals surface area (Å²) >= 11 is 1.29. The van der Waals surface area contributed by atoms with Gasteiger partial charge in [-0.1, -0.05) is 12.6 Å². The lowest BCUT2D eigenvalue weighted by molar-refractivity contribution is 0.121. The normalized spacial score (nSPS) is 14.6. The van der Waals surface area contributed by atoms with Crippen LogP contribution >= 0.6 is 11.3 Å². The summed E-state index contributed by atoms with van der Waals surface area (Å²) in [6.07, 6.45) is 0. The number of fused-ring (bicyclic) bond motifs is 1. The van der Waals surface area contributed by atoms with Crippen molar-refractivity contribution in [3.8, 4) is 16.9 Å². The standard InChI is InChI=1S/C20H20N2O6S2/c1-3-30(24,25)21-15-10-13(4-5-17(15)26-2)14-12-29-20-16(23)11-18(28-19(14)20)22-6-8-27-9-7-22/h3-5,10-12,21H,1,6-9H2,2H3. The zero-order valence-electron chi connectivity index (χ0n) is 16.2. The Morgan fingerprint density at radius 2 is 2.03 bits per heavy atom. The molecule has 1 N–H and O–H groups in total. The van der Waals surface area contributed by atoms with E-state index in [4.69, 9.17) is 13.9 Å². The van der Waals surface area contributed by atoms with E-state index < -0.39 is 10.0 Å². The largest absolute Gasteiger partial charge is 0.495 e. The van der Waals surface area contributed by atoms with Gasteiger partial charge in [0.2, 0.25) is 5.43 Å². The molecule has 4 rings (SSSR count). The summed E-state index contributed by atoms with van der Waals surface area (Å²) in [4.78, 5) is 14.6. The van der Waals surface area contributed by atoms with Gasteiger partial charge in [0.05, 0.1) is 26.0 Å². The molecule has 1 saturated heterocycles. The zero-order valence-corrected chi connectivity index (χ0v) is 17.8. The van der Waals surface area contributed by atoms with Gasteiger partial charge in [-0.25, -0.2) is 8.42 Å². The van der Waals surface area contributed by atoms with Crippen LogP contribution in [0, 0.1) is 0 Å². The highest BCUT2D eigenvalue weighted by Gasteiger charge is 2.20. The van der Waals surface area contributed by atoms with E-state index >= 15 is 0 Å². The maximum atomic E-state index is 12.7. The van der Waals surface area contributed by atoms with Crippen molar-refractivity contribution in [2.45, 2.75) is 0 Å². The number of thiophene rings is 1. The highest BCUT2D eigenvalue weighted by Crippen LogP contribution is 2.38. The van der Waals surface area contributed by atoms with Gasteiger partial charge in [0, 0.05) is 35.5 Å². The Balaban J connectivity index is 1.82. The maximum absolute atomic E-state index is 12.7. The number of hydrogen-bond donors (Lipinski definition) is 1. The number of hydrogen-bond acceptors (Lipinski definition) is 8. The predicted octanol–water partition coefficient (Wildman–Crippen LogP) is 3.25. The van der Waals surface area contributed by atoms with Crippen molar-refractivity contribution in [3.05, 3.63) is 51.9 Å². The molecule has 0 unspecified atom stereocenters. The molecule has 3 heterocycles. The molecule has 1 aliphatic heterocycles. The first kappa shape index (κ1) is 20.5. The van der Waals surface area contributed by atoms with Crippen LogP contribution in [0.25, 0.3) is 21.4 Å². The molecule has 0 amide bonds. The van der Waals surface area contributed by atoms with Crippen molar-refractivity contribution in [2.75, 3.05) is 43.0 Å². The van der Waals surface area contributed by atoms with Crippen LogP contribution < -0.4 is 19.8 Å². The second-order valence-electron chi connectivity index (χ2n) is 6.58. The molecule has 8 nitrogen and oxygen atoms in total. The van der Waals surface area contributed by atoms with Gasteiger partial charge < -0.3 is 18.8 Å². The number of nitrogens with zero attached hydrogens (tertiary/aromatic N) is 1. The van der Waals surface area contributed by atoms with Crippen LogP contribution in [0.4, 0.5) is 11.6 Å². The van der Waals surface area contributed by atoms with Crippen molar-refractivity contribution >= 4 is 43.2 Å². The molecule has 30 heavy (non-hydrogen) atoms. The lowest BCUT2D eigenvalue weighted by atomic mass is 10.1. The second kappa shape index (κ2) is 8.13. The van der Waals surface area contributed by atoms with Crippen molar-refractivity contribution in [1.29, 1.82) is 0 Å². The summed E-state index contributed by atoms with van der Waals surface area (Å²) in [5.41, 5.74) is 2.00. The first-order chi connectivity index (χ1) is 14.4. The topological polar surface area (TPSA) is 98.1 Å². The van der Waals surface area contributed by atoms with E-state index in [2.05, 4.69) is 11.3 Å². The van der Waals surface area contributed by atoms with Gasteiger partial charge in [-0.05, 0) is 17.7 Å². The molecule has 158 valence electrons. The van der Waals surface area contributed by atoms with Crippen LogP contribution in [-0.4, -0.2) is 41.8 Å². The number of morpholine rings is 1. The Hall–Kier alpha value is -2.82. The fourth-order valence-electron chi connectivity index (χ4n) is 3.22. The predicted molar refractivity (Wildman–Crippen MR) is 118 cm³/mol. The van der Waals surface area contributed by atoms with Crippen LogP contribution in [0.15, 0.2) is 50.8 Å². The minimum atomic E-state index is -3.72. The third-order valence-electron chi connectivity index (χ3n) is 4.74. The SMILES string of the molecule is C=CS(=O)(=O)Nc1cc(-c2csc3c(=O)cc(N4CCOCC4)oc23)ccc1OC. The van der Waals surface area contributed by atoms with Gasteiger partial charge in [-0.2, -0.15) is 0 Å². The molecule has 0 spiro atoms. The summed E-state index contributed by atoms with van der Waals surface area (Å²) in [6.45, 7) is 5.74. The van der Waals surface area contributed by atoms with E-state index in [0.29, 0.717) is 59.3 Å². The molecular weight excluding hydrogens is 428 g/mol. The van der Waals surface area contributed by atoms with Crippen molar-refractivity contribution < 1.29 is 22.3 Å². The molecule has 0 bridgehead atoms. The van der Waals surface area contributed by atoms with Crippen LogP contribution in [0.5, 0.6) is 5.75 Å². The molecule has 3 aromatic rings. The number of nitrogens with one attached hydrogen (secondary N) is 1. The monoisotopic (exact) mass is 448 g/mol. The van der Waals surface area contributed by atoms with Gasteiger partial charge in [0.1, 0.15) is 10.4 Å². The Bertz CT molecular complexity index is 1260. The molecule has 0 saturated carbocycles. The quantitative estimate of drug-likeness (QED) is 0.618. The molecule has 0 aliphatic carbocycles.